The lowest BCUT2D eigenvalue weighted by molar-refractivity contribution is -0.0328. The molecule has 102 valence electrons. The van der Waals surface area contributed by atoms with E-state index < -0.39 is 5.51 Å². The number of benzene rings is 1. The average molecular weight is 277 g/mol. The van der Waals surface area contributed by atoms with Crippen molar-refractivity contribution in [2.24, 2.45) is 5.92 Å². The fourth-order valence-corrected chi connectivity index (χ4v) is 2.54. The third-order valence-corrected chi connectivity index (χ3v) is 3.42. The first-order valence-corrected chi connectivity index (χ1v) is 6.89. The summed E-state index contributed by atoms with van der Waals surface area (Å²) in [5.41, 5.74) is -2.94. The Labute approximate surface area is 110 Å². The van der Waals surface area contributed by atoms with Crippen molar-refractivity contribution in [2.75, 3.05) is 19.3 Å². The Hall–Kier alpha value is -0.680. The smallest absolute Gasteiger partial charge is 0.319 e. The lowest BCUT2D eigenvalue weighted by atomic mass is 9.97. The topological polar surface area (TPSA) is 12.0 Å². The van der Waals surface area contributed by atoms with Crippen molar-refractivity contribution >= 4 is 11.8 Å². The Kier molecular flexibility index (Phi) is 6.57. The van der Waals surface area contributed by atoms with Crippen molar-refractivity contribution in [3.8, 4) is 0 Å². The highest BCUT2D eigenvalue weighted by molar-refractivity contribution is 8.00. The van der Waals surface area contributed by atoms with Gasteiger partial charge in [0, 0.05) is 5.75 Å². The monoisotopic (exact) mass is 277 g/mol. The minimum atomic E-state index is -4.11. The molecule has 0 radical (unpaired) electrons. The molecule has 1 nitrogen and oxygen atoms in total. The number of hydrogen-bond acceptors (Lipinski definition) is 2. The van der Waals surface area contributed by atoms with Gasteiger partial charge >= 0.3 is 5.51 Å². The summed E-state index contributed by atoms with van der Waals surface area (Å²) in [6, 6.07) is 9.88. The number of thioether (sulfide) groups is 1. The fourth-order valence-electron chi connectivity index (χ4n) is 1.85. The second-order valence-electron chi connectivity index (χ2n) is 4.20. The average Bonchev–Trinajstić information content (AvgIpc) is 2.29. The summed E-state index contributed by atoms with van der Waals surface area (Å²) < 4.78 is 36.2. The Morgan fingerprint density at radius 2 is 1.89 bits per heavy atom. The van der Waals surface area contributed by atoms with E-state index in [1.54, 1.807) is 0 Å². The van der Waals surface area contributed by atoms with Gasteiger partial charge in [-0.3, -0.25) is 0 Å². The number of halogens is 3. The summed E-state index contributed by atoms with van der Waals surface area (Å²) in [6.07, 6.45) is 1.39. The molecule has 0 aliphatic rings. The Morgan fingerprint density at radius 3 is 2.44 bits per heavy atom. The van der Waals surface area contributed by atoms with Gasteiger partial charge in [0.25, 0.3) is 0 Å². The van der Waals surface area contributed by atoms with Crippen LogP contribution in [0.1, 0.15) is 12.0 Å². The molecule has 0 saturated heterocycles. The van der Waals surface area contributed by atoms with E-state index in [4.69, 9.17) is 0 Å². The molecular formula is C13H18F3NS. The highest BCUT2D eigenvalue weighted by Gasteiger charge is 2.28. The first kappa shape index (κ1) is 15.4. The van der Waals surface area contributed by atoms with E-state index in [1.807, 2.05) is 37.4 Å². The van der Waals surface area contributed by atoms with Gasteiger partial charge in [0.05, 0.1) is 0 Å². The van der Waals surface area contributed by atoms with Crippen molar-refractivity contribution in [3.63, 3.8) is 0 Å². The molecule has 1 aromatic carbocycles. The maximum Gasteiger partial charge on any atom is 0.441 e. The zero-order valence-electron chi connectivity index (χ0n) is 10.3. The molecule has 1 N–H and O–H groups in total. The van der Waals surface area contributed by atoms with Crippen LogP contribution in [0.15, 0.2) is 30.3 Å². The SMILES string of the molecule is CNCC(CCSC(F)(F)F)Cc1ccccc1. The molecular weight excluding hydrogens is 259 g/mol. The van der Waals surface area contributed by atoms with Crippen molar-refractivity contribution in [1.29, 1.82) is 0 Å². The van der Waals surface area contributed by atoms with Gasteiger partial charge < -0.3 is 5.32 Å². The highest BCUT2D eigenvalue weighted by Crippen LogP contribution is 2.31. The molecule has 0 spiro atoms. The van der Waals surface area contributed by atoms with E-state index in [2.05, 4.69) is 5.32 Å². The molecule has 1 unspecified atom stereocenters. The van der Waals surface area contributed by atoms with Crippen LogP contribution < -0.4 is 5.32 Å². The Morgan fingerprint density at radius 1 is 1.22 bits per heavy atom. The largest absolute Gasteiger partial charge is 0.441 e. The van der Waals surface area contributed by atoms with E-state index in [-0.39, 0.29) is 23.4 Å². The van der Waals surface area contributed by atoms with E-state index in [0.29, 0.717) is 6.42 Å². The van der Waals surface area contributed by atoms with Gasteiger partial charge in [-0.05, 0) is 37.9 Å². The van der Waals surface area contributed by atoms with Crippen molar-refractivity contribution in [1.82, 2.24) is 5.32 Å². The van der Waals surface area contributed by atoms with Gasteiger partial charge in [-0.25, -0.2) is 0 Å². The van der Waals surface area contributed by atoms with Gasteiger partial charge in [-0.15, -0.1) is 0 Å². The quantitative estimate of drug-likeness (QED) is 0.815. The van der Waals surface area contributed by atoms with Gasteiger partial charge in [0.2, 0.25) is 0 Å². The lowest BCUT2D eigenvalue weighted by Gasteiger charge is -2.16. The molecule has 5 heteroatoms. The summed E-state index contributed by atoms with van der Waals surface area (Å²) in [4.78, 5) is 0. The van der Waals surface area contributed by atoms with Crippen molar-refractivity contribution in [3.05, 3.63) is 35.9 Å². The van der Waals surface area contributed by atoms with Crippen molar-refractivity contribution in [2.45, 2.75) is 18.3 Å². The molecule has 0 bridgehead atoms. The summed E-state index contributed by atoms with van der Waals surface area (Å²) in [7, 11) is 1.83. The third kappa shape index (κ3) is 6.91. The second-order valence-corrected chi connectivity index (χ2v) is 5.36. The molecule has 0 saturated carbocycles. The molecule has 0 aliphatic carbocycles. The number of alkyl halides is 3. The van der Waals surface area contributed by atoms with Crippen LogP contribution in [0, 0.1) is 5.92 Å². The molecule has 0 aromatic heterocycles. The van der Waals surface area contributed by atoms with Crippen LogP contribution in [-0.4, -0.2) is 24.9 Å². The Balaban J connectivity index is 2.40. The number of rotatable bonds is 7. The summed E-state index contributed by atoms with van der Waals surface area (Å²) >= 11 is 0.0705. The van der Waals surface area contributed by atoms with Gasteiger partial charge in [-0.2, -0.15) is 13.2 Å². The Bertz CT molecular complexity index is 327. The second kappa shape index (κ2) is 7.69. The summed E-state index contributed by atoms with van der Waals surface area (Å²) in [5, 5.41) is 3.05. The fraction of sp³-hybridized carbons (Fsp3) is 0.538. The van der Waals surface area contributed by atoms with Crippen LogP contribution >= 0.6 is 11.8 Å². The van der Waals surface area contributed by atoms with Crippen LogP contribution in [0.3, 0.4) is 0 Å². The lowest BCUT2D eigenvalue weighted by Crippen LogP contribution is -2.22. The van der Waals surface area contributed by atoms with Crippen LogP contribution in [0.4, 0.5) is 13.2 Å². The molecule has 18 heavy (non-hydrogen) atoms. The van der Waals surface area contributed by atoms with Gasteiger partial charge in [0.15, 0.2) is 0 Å². The molecule has 0 heterocycles. The predicted molar refractivity (Wildman–Crippen MR) is 70.7 cm³/mol. The van der Waals surface area contributed by atoms with E-state index >= 15 is 0 Å². The minimum Gasteiger partial charge on any atom is -0.319 e. The normalized spacial score (nSPS) is 13.6. The first-order chi connectivity index (χ1) is 8.51. The van der Waals surface area contributed by atoms with E-state index in [9.17, 15) is 13.2 Å². The van der Waals surface area contributed by atoms with Crippen LogP contribution in [-0.2, 0) is 6.42 Å². The zero-order valence-corrected chi connectivity index (χ0v) is 11.2. The van der Waals surface area contributed by atoms with E-state index in [0.717, 1.165) is 13.0 Å². The molecule has 0 aliphatic heterocycles. The van der Waals surface area contributed by atoms with Crippen LogP contribution in [0.5, 0.6) is 0 Å². The first-order valence-electron chi connectivity index (χ1n) is 5.90. The molecule has 0 amide bonds. The molecule has 1 rings (SSSR count). The highest BCUT2D eigenvalue weighted by atomic mass is 32.2. The summed E-state index contributed by atoms with van der Waals surface area (Å²) in [5.74, 6) is 0.370. The third-order valence-electron chi connectivity index (χ3n) is 2.65. The standard InChI is InChI=1S/C13H18F3NS/c1-17-10-12(7-8-18-13(14,15)16)9-11-5-3-2-4-6-11/h2-6,12,17H,7-10H2,1H3. The molecule has 1 aromatic rings. The minimum absolute atomic E-state index is 0.0705. The number of nitrogens with one attached hydrogen (secondary N) is 1. The maximum absolute atomic E-state index is 12.1. The predicted octanol–water partition coefficient (Wildman–Crippen LogP) is 3.71. The van der Waals surface area contributed by atoms with Crippen molar-refractivity contribution < 1.29 is 13.2 Å². The van der Waals surface area contributed by atoms with Crippen LogP contribution in [0.25, 0.3) is 0 Å². The van der Waals surface area contributed by atoms with Gasteiger partial charge in [0.1, 0.15) is 0 Å². The maximum atomic E-state index is 12.1. The summed E-state index contributed by atoms with van der Waals surface area (Å²) in [6.45, 7) is 0.743. The van der Waals surface area contributed by atoms with Gasteiger partial charge in [-0.1, -0.05) is 42.1 Å². The van der Waals surface area contributed by atoms with Crippen LogP contribution in [0.2, 0.25) is 0 Å². The molecule has 1 atom stereocenters. The molecule has 0 fully saturated rings. The number of hydrogen-bond donors (Lipinski definition) is 1. The van der Waals surface area contributed by atoms with E-state index in [1.165, 1.54) is 5.56 Å². The zero-order chi connectivity index (χ0) is 13.4.